The third-order valence-electron chi connectivity index (χ3n) is 5.11. The lowest BCUT2D eigenvalue weighted by molar-refractivity contribution is 0.699. The number of hydrogen-bond acceptors (Lipinski definition) is 0. The summed E-state index contributed by atoms with van der Waals surface area (Å²) in [5.41, 5.74) is 4.35. The molecule has 0 aromatic heterocycles. The molecule has 0 amide bonds. The molecule has 2 heteroatoms. The highest BCUT2D eigenvalue weighted by Crippen LogP contribution is 2.27. The lowest BCUT2D eigenvalue weighted by Crippen LogP contribution is -2.30. The molecule has 0 N–H and O–H groups in total. The molecule has 3 rings (SSSR count). The van der Waals surface area contributed by atoms with Gasteiger partial charge in [0.2, 0.25) is 0 Å². The van der Waals surface area contributed by atoms with Gasteiger partial charge in [0.1, 0.15) is 0 Å². The largest absolute Gasteiger partial charge is 0.203 e. The predicted molar refractivity (Wildman–Crippen MR) is 139 cm³/mol. The van der Waals surface area contributed by atoms with Crippen molar-refractivity contribution in [2.75, 3.05) is 0 Å². The average molecular weight is 443 g/mol. The molecule has 3 aromatic rings. The first-order valence-electron chi connectivity index (χ1n) is 11.5. The molecular formula is C31H32F2. The number of rotatable bonds is 3. The van der Waals surface area contributed by atoms with E-state index in [1.54, 1.807) is 36.4 Å². The monoisotopic (exact) mass is 442 g/mol. The van der Waals surface area contributed by atoms with Gasteiger partial charge in [0.05, 0.1) is 0 Å². The van der Waals surface area contributed by atoms with Crippen LogP contribution in [0.2, 0.25) is 0 Å². The molecule has 0 aliphatic rings. The molecule has 0 atom stereocenters. The molecule has 0 fully saturated rings. The van der Waals surface area contributed by atoms with Crippen LogP contribution in [0.15, 0.2) is 60.7 Å². The fourth-order valence-electron chi connectivity index (χ4n) is 3.39. The van der Waals surface area contributed by atoms with E-state index in [0.29, 0.717) is 5.22 Å². The molecule has 0 aliphatic heterocycles. The molecule has 0 spiro atoms. The van der Waals surface area contributed by atoms with Gasteiger partial charge in [0.25, 0.3) is 0 Å². The van der Waals surface area contributed by atoms with Crippen LogP contribution >= 0.6 is 0 Å². The van der Waals surface area contributed by atoms with Crippen LogP contribution in [0.4, 0.5) is 8.78 Å². The zero-order valence-corrected chi connectivity index (χ0v) is 20.4. The summed E-state index contributed by atoms with van der Waals surface area (Å²) >= 11 is 0. The van der Waals surface area contributed by atoms with Gasteiger partial charge in [-0.1, -0.05) is 98.4 Å². The lowest BCUT2D eigenvalue weighted by Gasteiger charge is -2.06. The SMILES string of the molecule is C/C=c1/c(/C(F)=C(\F)c2ccc(C)cc2)ccc(C#Cc2ccc(C)cc2)/c1=C/CC.CC. The zero-order valence-electron chi connectivity index (χ0n) is 20.4. The van der Waals surface area contributed by atoms with E-state index in [9.17, 15) is 4.39 Å². The van der Waals surface area contributed by atoms with Crippen LogP contribution in [0.5, 0.6) is 0 Å². The normalized spacial score (nSPS) is 12.4. The molecule has 170 valence electrons. The Kier molecular flexibility index (Phi) is 9.83. The Labute approximate surface area is 197 Å². The molecule has 33 heavy (non-hydrogen) atoms. The Balaban J connectivity index is 0.00000187. The van der Waals surface area contributed by atoms with Crippen molar-refractivity contribution < 1.29 is 8.78 Å². The van der Waals surface area contributed by atoms with Crippen molar-refractivity contribution in [1.29, 1.82) is 0 Å². The van der Waals surface area contributed by atoms with E-state index in [2.05, 4.69) is 11.8 Å². The Bertz CT molecular complexity index is 1280. The van der Waals surface area contributed by atoms with Crippen molar-refractivity contribution in [3.05, 3.63) is 104 Å². The van der Waals surface area contributed by atoms with Gasteiger partial charge in [-0.3, -0.25) is 0 Å². The van der Waals surface area contributed by atoms with Crippen molar-refractivity contribution in [2.45, 2.75) is 48.0 Å². The van der Waals surface area contributed by atoms with Crippen LogP contribution < -0.4 is 10.4 Å². The molecule has 0 saturated carbocycles. The van der Waals surface area contributed by atoms with Crippen LogP contribution in [0.1, 0.15) is 67.5 Å². The van der Waals surface area contributed by atoms with E-state index in [-0.39, 0.29) is 11.1 Å². The van der Waals surface area contributed by atoms with E-state index < -0.39 is 11.7 Å². The summed E-state index contributed by atoms with van der Waals surface area (Å²) in [4.78, 5) is 0. The second-order valence-corrected chi connectivity index (χ2v) is 7.50. The van der Waals surface area contributed by atoms with Crippen molar-refractivity contribution in [3.8, 4) is 11.8 Å². The fraction of sp³-hybridized carbons (Fsp3) is 0.226. The quantitative estimate of drug-likeness (QED) is 0.291. The third-order valence-corrected chi connectivity index (χ3v) is 5.11. The van der Waals surface area contributed by atoms with E-state index in [4.69, 9.17) is 0 Å². The summed E-state index contributed by atoms with van der Waals surface area (Å²) in [7, 11) is 0. The molecular weight excluding hydrogens is 410 g/mol. The fourth-order valence-corrected chi connectivity index (χ4v) is 3.39. The van der Waals surface area contributed by atoms with Crippen molar-refractivity contribution >= 4 is 23.8 Å². The second kappa shape index (κ2) is 12.6. The smallest absolute Gasteiger partial charge is 0.167 e. The molecule has 0 radical (unpaired) electrons. The highest BCUT2D eigenvalue weighted by Gasteiger charge is 2.14. The molecule has 0 unspecified atom stereocenters. The van der Waals surface area contributed by atoms with Crippen molar-refractivity contribution in [1.82, 2.24) is 0 Å². The van der Waals surface area contributed by atoms with Gasteiger partial charge < -0.3 is 0 Å². The summed E-state index contributed by atoms with van der Waals surface area (Å²) in [6, 6.07) is 18.1. The maximum Gasteiger partial charge on any atom is 0.167 e. The minimum absolute atomic E-state index is 0.231. The standard InChI is InChI=1S/C29H26F2.C2H6/c1-5-7-26-23(17-14-22-12-8-20(3)9-13-22)18-19-27(25(26)6-2)29(31)28(30)24-15-10-21(4)11-16-24;1-2/h6-13,15-16,18-19H,5H2,1-4H3;1-2H3/b25-6+,26-7-,29-28+;. The summed E-state index contributed by atoms with van der Waals surface area (Å²) in [5.74, 6) is 4.67. The lowest BCUT2D eigenvalue weighted by atomic mass is 10.0. The van der Waals surface area contributed by atoms with E-state index >= 15 is 4.39 Å². The maximum atomic E-state index is 15.2. The van der Waals surface area contributed by atoms with Gasteiger partial charge in [-0.15, -0.1) is 0 Å². The highest BCUT2D eigenvalue weighted by molar-refractivity contribution is 5.83. The third kappa shape index (κ3) is 6.53. The van der Waals surface area contributed by atoms with E-state index in [1.165, 1.54) is 5.56 Å². The number of halogens is 2. The molecule has 0 heterocycles. The molecule has 0 nitrogen and oxygen atoms in total. The van der Waals surface area contributed by atoms with E-state index in [1.807, 2.05) is 78.0 Å². The summed E-state index contributed by atoms with van der Waals surface area (Å²) in [5, 5.41) is 1.48. The van der Waals surface area contributed by atoms with Crippen molar-refractivity contribution in [3.63, 3.8) is 0 Å². The summed E-state index contributed by atoms with van der Waals surface area (Å²) in [6.45, 7) is 11.8. The minimum Gasteiger partial charge on any atom is -0.203 e. The Morgan fingerprint density at radius 3 is 1.88 bits per heavy atom. The molecule has 0 bridgehead atoms. The summed E-state index contributed by atoms with van der Waals surface area (Å²) < 4.78 is 30.2. The first-order chi connectivity index (χ1) is 15.9. The number of aryl methyl sites for hydroxylation is 2. The second-order valence-electron chi connectivity index (χ2n) is 7.50. The van der Waals surface area contributed by atoms with Gasteiger partial charge in [-0.05, 0) is 55.8 Å². The van der Waals surface area contributed by atoms with Crippen LogP contribution in [-0.4, -0.2) is 0 Å². The molecule has 0 saturated heterocycles. The average Bonchev–Trinajstić information content (AvgIpc) is 2.85. The van der Waals surface area contributed by atoms with Gasteiger partial charge in [0, 0.05) is 22.3 Å². The maximum absolute atomic E-state index is 15.2. The molecule has 0 aliphatic carbocycles. The van der Waals surface area contributed by atoms with Crippen molar-refractivity contribution in [2.24, 2.45) is 0 Å². The van der Waals surface area contributed by atoms with Gasteiger partial charge in [0.15, 0.2) is 11.7 Å². The van der Waals surface area contributed by atoms with Gasteiger partial charge >= 0.3 is 0 Å². The minimum atomic E-state index is -0.860. The Morgan fingerprint density at radius 1 is 0.758 bits per heavy atom. The van der Waals surface area contributed by atoms with Crippen LogP contribution in [0.25, 0.3) is 23.8 Å². The molecule has 3 aromatic carbocycles. The summed E-state index contributed by atoms with van der Waals surface area (Å²) in [6.07, 6.45) is 4.58. The topological polar surface area (TPSA) is 0 Å². The predicted octanol–water partition coefficient (Wildman–Crippen LogP) is 7.49. The highest BCUT2D eigenvalue weighted by atomic mass is 19.2. The van der Waals surface area contributed by atoms with Gasteiger partial charge in [-0.2, -0.15) is 0 Å². The van der Waals surface area contributed by atoms with Crippen LogP contribution in [0.3, 0.4) is 0 Å². The number of hydrogen-bond donors (Lipinski definition) is 0. The van der Waals surface area contributed by atoms with E-state index in [0.717, 1.165) is 28.3 Å². The first kappa shape index (κ1) is 25.8. The number of benzene rings is 3. The van der Waals surface area contributed by atoms with Crippen LogP contribution in [-0.2, 0) is 0 Å². The first-order valence-corrected chi connectivity index (χ1v) is 11.5. The van der Waals surface area contributed by atoms with Gasteiger partial charge in [-0.25, -0.2) is 8.78 Å². The Morgan fingerprint density at radius 2 is 1.33 bits per heavy atom. The zero-order chi connectivity index (χ0) is 24.4. The Hall–Kier alpha value is -3.44. The van der Waals surface area contributed by atoms with Crippen LogP contribution in [0, 0.1) is 25.7 Å².